The van der Waals surface area contributed by atoms with Crippen LogP contribution in [-0.4, -0.2) is 29.7 Å². The molecule has 0 saturated heterocycles. The van der Waals surface area contributed by atoms with E-state index in [1.807, 2.05) is 102 Å². The largest absolute Gasteiger partial charge is 0.486 e. The number of para-hydroxylation sites is 1. The summed E-state index contributed by atoms with van der Waals surface area (Å²) in [6.45, 7) is 11.3. The van der Waals surface area contributed by atoms with E-state index >= 15 is 0 Å². The van der Waals surface area contributed by atoms with Gasteiger partial charge in [0.25, 0.3) is 0 Å². The zero-order valence-electron chi connectivity index (χ0n) is 20.0. The molecule has 2 rings (SSSR count). The maximum atomic E-state index is 13.2. The molecule has 0 spiro atoms. The van der Waals surface area contributed by atoms with Crippen LogP contribution in [0.2, 0.25) is 0 Å². The van der Waals surface area contributed by atoms with Gasteiger partial charge in [0.15, 0.2) is 0 Å². The highest BCUT2D eigenvalue weighted by molar-refractivity contribution is 5.80. The highest BCUT2D eigenvalue weighted by Crippen LogP contribution is 2.23. The molecule has 5 nitrogen and oxygen atoms in total. The smallest absolute Gasteiger partial charge is 0.310 e. The monoisotopic (exact) mass is 440 g/mol. The molecule has 0 unspecified atom stereocenters. The van der Waals surface area contributed by atoms with Gasteiger partial charge in [0.1, 0.15) is 23.6 Å². The second kappa shape index (κ2) is 11.7. The summed E-state index contributed by atoms with van der Waals surface area (Å²) in [4.78, 5) is 25.6. The van der Waals surface area contributed by atoms with Crippen molar-refractivity contribution in [3.63, 3.8) is 0 Å². The minimum atomic E-state index is -0.640. The van der Waals surface area contributed by atoms with Crippen LogP contribution in [0.15, 0.2) is 60.7 Å². The number of carbonyl (C=O) groups is 2. The lowest BCUT2D eigenvalue weighted by Crippen LogP contribution is -2.39. The lowest BCUT2D eigenvalue weighted by Gasteiger charge is -2.29. The Balaban J connectivity index is 2.12. The van der Waals surface area contributed by atoms with Crippen LogP contribution in [-0.2, 0) is 25.5 Å². The van der Waals surface area contributed by atoms with Crippen LogP contribution in [0.25, 0.3) is 0 Å². The fourth-order valence-electron chi connectivity index (χ4n) is 3.50. The molecule has 0 heterocycles. The van der Waals surface area contributed by atoms with Crippen molar-refractivity contribution in [2.45, 2.75) is 72.2 Å². The minimum absolute atomic E-state index is 0.0381. The van der Waals surface area contributed by atoms with Gasteiger partial charge in [-0.3, -0.25) is 9.59 Å². The second-order valence-corrected chi connectivity index (χ2v) is 9.46. The van der Waals surface area contributed by atoms with E-state index in [4.69, 9.17) is 14.2 Å². The molecule has 0 saturated carbocycles. The van der Waals surface area contributed by atoms with E-state index in [1.54, 1.807) is 0 Å². The molecule has 0 N–H and O–H groups in total. The first-order valence-corrected chi connectivity index (χ1v) is 11.2. The average Bonchev–Trinajstić information content (AvgIpc) is 2.71. The number of rotatable bonds is 10. The van der Waals surface area contributed by atoms with E-state index in [0.29, 0.717) is 6.42 Å². The molecule has 0 bridgehead atoms. The summed E-state index contributed by atoms with van der Waals surface area (Å²) in [6.07, 6.45) is -0.443. The molecule has 0 aliphatic rings. The standard InChI is InChI=1S/C27H36O5/c1-19(2)25(31-23-15-11-8-12-16-23)20(3)30-26(29)22(17-21-13-9-7-10-14-21)18-24(28)32-27(4,5)6/h7-16,19-20,22,25H,17-18H2,1-6H3/t20-,22+,25+/m0/s1. The number of hydrogen-bond acceptors (Lipinski definition) is 5. The van der Waals surface area contributed by atoms with Crippen molar-refractivity contribution in [3.05, 3.63) is 66.2 Å². The van der Waals surface area contributed by atoms with Gasteiger partial charge in [-0.1, -0.05) is 62.4 Å². The Hall–Kier alpha value is -2.82. The molecule has 3 atom stereocenters. The Bertz CT molecular complexity index is 839. The molecule has 0 fully saturated rings. The van der Waals surface area contributed by atoms with E-state index in [2.05, 4.69) is 0 Å². The first kappa shape index (κ1) is 25.4. The van der Waals surface area contributed by atoms with Crippen molar-refractivity contribution < 1.29 is 23.8 Å². The highest BCUT2D eigenvalue weighted by Gasteiger charge is 2.31. The molecule has 0 aliphatic carbocycles. The van der Waals surface area contributed by atoms with E-state index in [9.17, 15) is 9.59 Å². The number of ether oxygens (including phenoxy) is 3. The van der Waals surface area contributed by atoms with Crippen LogP contribution in [0.5, 0.6) is 5.75 Å². The molecular weight excluding hydrogens is 404 g/mol. The highest BCUT2D eigenvalue weighted by atomic mass is 16.6. The average molecular weight is 441 g/mol. The van der Waals surface area contributed by atoms with Gasteiger partial charge in [-0.05, 0) is 57.7 Å². The SMILES string of the molecule is CC(C)[C@@H](Oc1ccccc1)[C@H](C)OC(=O)[C@@H](CC(=O)OC(C)(C)C)Cc1ccccc1. The molecule has 2 aromatic rings. The van der Waals surface area contributed by atoms with Gasteiger partial charge < -0.3 is 14.2 Å². The molecule has 0 radical (unpaired) electrons. The van der Waals surface area contributed by atoms with Gasteiger partial charge >= 0.3 is 11.9 Å². The third kappa shape index (κ3) is 8.74. The summed E-state index contributed by atoms with van der Waals surface area (Å²) in [5.74, 6) is -0.627. The Kier molecular flexibility index (Phi) is 9.30. The summed E-state index contributed by atoms with van der Waals surface area (Å²) in [5.41, 5.74) is 0.351. The molecular formula is C27H36O5. The minimum Gasteiger partial charge on any atom is -0.486 e. The third-order valence-corrected chi connectivity index (χ3v) is 4.93. The Morgan fingerprint density at radius 2 is 1.44 bits per heavy atom. The van der Waals surface area contributed by atoms with Crippen molar-refractivity contribution in [1.82, 2.24) is 0 Å². The second-order valence-electron chi connectivity index (χ2n) is 9.46. The van der Waals surface area contributed by atoms with Gasteiger partial charge in [-0.25, -0.2) is 0 Å². The number of hydrogen-bond donors (Lipinski definition) is 0. The molecule has 2 aromatic carbocycles. The van der Waals surface area contributed by atoms with Crippen LogP contribution in [0.3, 0.4) is 0 Å². The predicted octanol–water partition coefficient (Wildman–Crippen LogP) is 5.61. The molecule has 174 valence electrons. The van der Waals surface area contributed by atoms with Gasteiger partial charge in [-0.2, -0.15) is 0 Å². The van der Waals surface area contributed by atoms with Crippen molar-refractivity contribution in [2.75, 3.05) is 0 Å². The summed E-state index contributed by atoms with van der Waals surface area (Å²) in [7, 11) is 0. The van der Waals surface area contributed by atoms with Crippen LogP contribution >= 0.6 is 0 Å². The molecule has 5 heteroatoms. The summed E-state index contributed by atoms with van der Waals surface area (Å²) in [5, 5.41) is 0. The molecule has 0 amide bonds. The van der Waals surface area contributed by atoms with Gasteiger partial charge in [0, 0.05) is 0 Å². The van der Waals surface area contributed by atoms with Crippen molar-refractivity contribution in [2.24, 2.45) is 11.8 Å². The normalized spacial score (nSPS) is 14.3. The number of esters is 2. The molecule has 0 aromatic heterocycles. The van der Waals surface area contributed by atoms with Gasteiger partial charge in [0.05, 0.1) is 12.3 Å². The van der Waals surface area contributed by atoms with Crippen molar-refractivity contribution in [3.8, 4) is 5.75 Å². The van der Waals surface area contributed by atoms with Crippen LogP contribution in [0.4, 0.5) is 0 Å². The van der Waals surface area contributed by atoms with Crippen molar-refractivity contribution >= 4 is 11.9 Å². The first-order valence-electron chi connectivity index (χ1n) is 11.2. The van der Waals surface area contributed by atoms with Crippen LogP contribution in [0, 0.1) is 11.8 Å². The third-order valence-electron chi connectivity index (χ3n) is 4.93. The van der Waals surface area contributed by atoms with E-state index in [1.165, 1.54) is 0 Å². The maximum absolute atomic E-state index is 13.2. The van der Waals surface area contributed by atoms with E-state index in [-0.39, 0.29) is 18.4 Å². The Labute approximate surface area is 192 Å². The van der Waals surface area contributed by atoms with Crippen LogP contribution < -0.4 is 4.74 Å². The lowest BCUT2D eigenvalue weighted by atomic mass is 9.95. The lowest BCUT2D eigenvalue weighted by molar-refractivity contribution is -0.166. The van der Waals surface area contributed by atoms with Crippen LogP contribution in [0.1, 0.15) is 53.5 Å². The van der Waals surface area contributed by atoms with E-state index < -0.39 is 29.6 Å². The topological polar surface area (TPSA) is 61.8 Å². The number of carbonyl (C=O) groups excluding carboxylic acids is 2. The first-order chi connectivity index (χ1) is 15.0. The predicted molar refractivity (Wildman–Crippen MR) is 125 cm³/mol. The van der Waals surface area contributed by atoms with Crippen molar-refractivity contribution in [1.29, 1.82) is 0 Å². The number of benzene rings is 2. The molecule has 32 heavy (non-hydrogen) atoms. The fraction of sp³-hybridized carbons (Fsp3) is 0.481. The maximum Gasteiger partial charge on any atom is 0.310 e. The zero-order chi connectivity index (χ0) is 23.7. The van der Waals surface area contributed by atoms with Gasteiger partial charge in [-0.15, -0.1) is 0 Å². The quantitative estimate of drug-likeness (QED) is 0.449. The van der Waals surface area contributed by atoms with Gasteiger partial charge in [0.2, 0.25) is 0 Å². The summed E-state index contributed by atoms with van der Waals surface area (Å²) < 4.78 is 17.4. The Morgan fingerprint density at radius 1 is 0.875 bits per heavy atom. The molecule has 0 aliphatic heterocycles. The van der Waals surface area contributed by atoms with E-state index in [0.717, 1.165) is 11.3 Å². The zero-order valence-corrected chi connectivity index (χ0v) is 20.0. The Morgan fingerprint density at radius 3 is 1.97 bits per heavy atom. The summed E-state index contributed by atoms with van der Waals surface area (Å²) in [6, 6.07) is 19.1. The summed E-state index contributed by atoms with van der Waals surface area (Å²) >= 11 is 0. The fourth-order valence-corrected chi connectivity index (χ4v) is 3.50.